The molecule has 3 nitrogen and oxygen atoms in total. The summed E-state index contributed by atoms with van der Waals surface area (Å²) in [4.78, 5) is 14.5. The Morgan fingerprint density at radius 2 is 2.00 bits per heavy atom. The van der Waals surface area contributed by atoms with Crippen molar-refractivity contribution in [2.45, 2.75) is 45.2 Å². The van der Waals surface area contributed by atoms with Crippen molar-refractivity contribution in [3.8, 4) is 0 Å². The van der Waals surface area contributed by atoms with Crippen LogP contribution in [-0.2, 0) is 11.3 Å². The molecule has 1 aliphatic carbocycles. The standard InChI is InChI=1S/C16H24N2O.ClH/c1-2-18(12-13-7-4-3-5-8-13)16(19)14-9-6-10-15(17)11-14;/h3-5,7-8,14-15H,2,6,9-12,17H2,1H3;1H. The quantitative estimate of drug-likeness (QED) is 0.928. The first-order valence-electron chi connectivity index (χ1n) is 7.29. The summed E-state index contributed by atoms with van der Waals surface area (Å²) in [5.74, 6) is 0.411. The molecule has 1 saturated carbocycles. The molecule has 2 N–H and O–H groups in total. The number of amides is 1. The molecule has 2 atom stereocenters. The van der Waals surface area contributed by atoms with Crippen LogP contribution in [0.3, 0.4) is 0 Å². The van der Waals surface area contributed by atoms with E-state index in [0.29, 0.717) is 6.54 Å². The average molecular weight is 297 g/mol. The molecule has 1 aliphatic rings. The molecule has 2 unspecified atom stereocenters. The predicted octanol–water partition coefficient (Wildman–Crippen LogP) is 2.97. The first-order valence-corrected chi connectivity index (χ1v) is 7.29. The van der Waals surface area contributed by atoms with Gasteiger partial charge in [0, 0.05) is 25.0 Å². The van der Waals surface area contributed by atoms with Crippen LogP contribution in [0.2, 0.25) is 0 Å². The zero-order valence-electron chi connectivity index (χ0n) is 12.1. The topological polar surface area (TPSA) is 46.3 Å². The number of nitrogens with zero attached hydrogens (tertiary/aromatic N) is 1. The number of carbonyl (C=O) groups is 1. The van der Waals surface area contributed by atoms with E-state index in [0.717, 1.165) is 32.2 Å². The molecule has 1 amide bonds. The molecule has 0 radical (unpaired) electrons. The van der Waals surface area contributed by atoms with Gasteiger partial charge in [-0.15, -0.1) is 12.4 Å². The molecule has 1 fully saturated rings. The lowest BCUT2D eigenvalue weighted by molar-refractivity contribution is -0.137. The van der Waals surface area contributed by atoms with Crippen LogP contribution >= 0.6 is 12.4 Å². The van der Waals surface area contributed by atoms with Crippen LogP contribution in [0, 0.1) is 5.92 Å². The minimum Gasteiger partial charge on any atom is -0.338 e. The zero-order valence-corrected chi connectivity index (χ0v) is 12.9. The summed E-state index contributed by atoms with van der Waals surface area (Å²) in [6.45, 7) is 3.52. The Morgan fingerprint density at radius 1 is 1.30 bits per heavy atom. The molecule has 1 aromatic carbocycles. The van der Waals surface area contributed by atoms with Gasteiger partial charge in [0.1, 0.15) is 0 Å². The Kier molecular flexibility index (Phi) is 7.03. The number of hydrogen-bond acceptors (Lipinski definition) is 2. The maximum absolute atomic E-state index is 12.5. The summed E-state index contributed by atoms with van der Waals surface area (Å²) in [5.41, 5.74) is 7.18. The van der Waals surface area contributed by atoms with Gasteiger partial charge in [-0.25, -0.2) is 0 Å². The Labute approximate surface area is 127 Å². The largest absolute Gasteiger partial charge is 0.338 e. The molecule has 0 saturated heterocycles. The molecule has 0 aliphatic heterocycles. The third kappa shape index (κ3) is 4.50. The lowest BCUT2D eigenvalue weighted by Crippen LogP contribution is -2.40. The van der Waals surface area contributed by atoms with Gasteiger partial charge >= 0.3 is 0 Å². The fraction of sp³-hybridized carbons (Fsp3) is 0.562. The normalized spacial score (nSPS) is 21.9. The van der Waals surface area contributed by atoms with E-state index >= 15 is 0 Å². The second kappa shape index (κ2) is 8.28. The Bertz CT molecular complexity index is 410. The molecule has 0 heterocycles. The van der Waals surface area contributed by atoms with E-state index in [1.807, 2.05) is 30.0 Å². The summed E-state index contributed by atoms with van der Waals surface area (Å²) in [7, 11) is 0. The first-order chi connectivity index (χ1) is 9.20. The smallest absolute Gasteiger partial charge is 0.226 e. The minimum absolute atomic E-state index is 0. The van der Waals surface area contributed by atoms with E-state index in [-0.39, 0.29) is 30.3 Å². The molecule has 0 spiro atoms. The number of halogens is 1. The highest BCUT2D eigenvalue weighted by Gasteiger charge is 2.28. The number of benzene rings is 1. The molecule has 20 heavy (non-hydrogen) atoms. The maximum Gasteiger partial charge on any atom is 0.226 e. The minimum atomic E-state index is 0. The van der Waals surface area contributed by atoms with Gasteiger partial charge in [0.2, 0.25) is 5.91 Å². The summed E-state index contributed by atoms with van der Waals surface area (Å²) >= 11 is 0. The Balaban J connectivity index is 0.00000200. The lowest BCUT2D eigenvalue weighted by Gasteiger charge is -2.31. The fourth-order valence-corrected chi connectivity index (χ4v) is 2.86. The van der Waals surface area contributed by atoms with Gasteiger partial charge in [-0.3, -0.25) is 4.79 Å². The number of carbonyl (C=O) groups excluding carboxylic acids is 1. The van der Waals surface area contributed by atoms with Gasteiger partial charge in [0.25, 0.3) is 0 Å². The lowest BCUT2D eigenvalue weighted by atomic mass is 9.85. The summed E-state index contributed by atoms with van der Waals surface area (Å²) in [5, 5.41) is 0. The van der Waals surface area contributed by atoms with Gasteiger partial charge in [0.05, 0.1) is 0 Å². The van der Waals surface area contributed by atoms with Crippen LogP contribution in [0.4, 0.5) is 0 Å². The van der Waals surface area contributed by atoms with Crippen molar-refractivity contribution in [2.75, 3.05) is 6.54 Å². The highest BCUT2D eigenvalue weighted by molar-refractivity contribution is 5.85. The van der Waals surface area contributed by atoms with Crippen molar-refractivity contribution in [2.24, 2.45) is 11.7 Å². The van der Waals surface area contributed by atoms with Crippen LogP contribution in [0.25, 0.3) is 0 Å². The molecular weight excluding hydrogens is 272 g/mol. The van der Waals surface area contributed by atoms with Crippen molar-refractivity contribution >= 4 is 18.3 Å². The highest BCUT2D eigenvalue weighted by atomic mass is 35.5. The average Bonchev–Trinajstić information content (AvgIpc) is 2.45. The number of nitrogens with two attached hydrogens (primary N) is 1. The molecule has 0 aromatic heterocycles. The van der Waals surface area contributed by atoms with E-state index in [1.165, 1.54) is 5.56 Å². The second-order valence-corrected chi connectivity index (χ2v) is 5.46. The second-order valence-electron chi connectivity index (χ2n) is 5.46. The van der Waals surface area contributed by atoms with E-state index in [1.54, 1.807) is 0 Å². The molecule has 0 bridgehead atoms. The molecule has 2 rings (SSSR count). The molecule has 1 aromatic rings. The van der Waals surface area contributed by atoms with E-state index < -0.39 is 0 Å². The van der Waals surface area contributed by atoms with Crippen LogP contribution in [0.1, 0.15) is 38.2 Å². The van der Waals surface area contributed by atoms with Gasteiger partial charge in [-0.1, -0.05) is 36.8 Å². The summed E-state index contributed by atoms with van der Waals surface area (Å²) in [6.07, 6.45) is 4.00. The highest BCUT2D eigenvalue weighted by Crippen LogP contribution is 2.25. The first kappa shape index (κ1) is 17.0. The van der Waals surface area contributed by atoms with Crippen molar-refractivity contribution in [3.05, 3.63) is 35.9 Å². The monoisotopic (exact) mass is 296 g/mol. The third-order valence-corrected chi connectivity index (χ3v) is 3.97. The van der Waals surface area contributed by atoms with E-state index in [9.17, 15) is 4.79 Å². The van der Waals surface area contributed by atoms with Gasteiger partial charge in [0.15, 0.2) is 0 Å². The van der Waals surface area contributed by atoms with Gasteiger partial charge < -0.3 is 10.6 Å². The molecular formula is C16H25ClN2O. The van der Waals surface area contributed by atoms with Crippen LogP contribution < -0.4 is 5.73 Å². The summed E-state index contributed by atoms with van der Waals surface area (Å²) < 4.78 is 0. The van der Waals surface area contributed by atoms with Gasteiger partial charge in [-0.2, -0.15) is 0 Å². The third-order valence-electron chi connectivity index (χ3n) is 3.97. The van der Waals surface area contributed by atoms with E-state index in [2.05, 4.69) is 12.1 Å². The Morgan fingerprint density at radius 3 is 2.60 bits per heavy atom. The van der Waals surface area contributed by atoms with Crippen molar-refractivity contribution in [1.29, 1.82) is 0 Å². The van der Waals surface area contributed by atoms with Crippen molar-refractivity contribution < 1.29 is 4.79 Å². The van der Waals surface area contributed by atoms with Crippen LogP contribution in [-0.4, -0.2) is 23.4 Å². The Hall–Kier alpha value is -1.06. The molecule has 4 heteroatoms. The maximum atomic E-state index is 12.5. The van der Waals surface area contributed by atoms with Crippen molar-refractivity contribution in [1.82, 2.24) is 4.90 Å². The SMILES string of the molecule is CCN(Cc1ccccc1)C(=O)C1CCCC(N)C1.Cl. The van der Waals surface area contributed by atoms with Gasteiger partial charge in [-0.05, 0) is 31.7 Å². The fourth-order valence-electron chi connectivity index (χ4n) is 2.86. The predicted molar refractivity (Wildman–Crippen MR) is 84.7 cm³/mol. The number of hydrogen-bond donors (Lipinski definition) is 1. The summed E-state index contributed by atoms with van der Waals surface area (Å²) in [6, 6.07) is 10.4. The van der Waals surface area contributed by atoms with Crippen molar-refractivity contribution in [3.63, 3.8) is 0 Å². The van der Waals surface area contributed by atoms with Crippen LogP contribution in [0.15, 0.2) is 30.3 Å². The van der Waals surface area contributed by atoms with E-state index in [4.69, 9.17) is 5.73 Å². The number of rotatable bonds is 4. The zero-order chi connectivity index (χ0) is 13.7. The van der Waals surface area contributed by atoms with Crippen LogP contribution in [0.5, 0.6) is 0 Å². The molecule has 112 valence electrons.